The van der Waals surface area contributed by atoms with Crippen LogP contribution in [0, 0.1) is 0 Å². The van der Waals surface area contributed by atoms with Crippen molar-refractivity contribution in [1.82, 2.24) is 29.4 Å². The van der Waals surface area contributed by atoms with Gasteiger partial charge < -0.3 is 0 Å². The predicted molar refractivity (Wildman–Crippen MR) is 226 cm³/mol. The molecule has 0 unspecified atom stereocenters. The van der Waals surface area contributed by atoms with Gasteiger partial charge in [-0.05, 0) is 65.9 Å². The molecule has 1 aliphatic carbocycles. The molecule has 0 saturated heterocycles. The van der Waals surface area contributed by atoms with Crippen molar-refractivity contribution in [2.45, 2.75) is 60.3 Å². The van der Waals surface area contributed by atoms with Gasteiger partial charge in [-0.3, -0.25) is 86.9 Å². The monoisotopic (exact) mass is 866 g/mol. The molecule has 0 N–H and O–H groups in total. The van der Waals surface area contributed by atoms with E-state index in [0.717, 1.165) is 66.9 Å². The molecule has 6 aliphatic heterocycles. The maximum atomic E-state index is 11.6. The number of likely N-dealkylation sites (N-methyl/N-ethyl adjacent to an activating group) is 6. The van der Waals surface area contributed by atoms with Crippen LogP contribution >= 0.6 is 0 Å². The molecule has 18 heteroatoms. The van der Waals surface area contributed by atoms with Gasteiger partial charge in [-0.15, -0.1) is 0 Å². The second kappa shape index (κ2) is 20.8. The fraction of sp³-hybridized carbons (Fsp3) is 0.333. The minimum Gasteiger partial charge on any atom is -0.279 e. The molecule has 0 saturated carbocycles. The minimum atomic E-state index is -0.256. The van der Waals surface area contributed by atoms with Crippen molar-refractivity contribution < 1.29 is 57.5 Å². The molecule has 1 aromatic rings. The second-order valence-electron chi connectivity index (χ2n) is 14.9. The van der Waals surface area contributed by atoms with Gasteiger partial charge in [-0.1, -0.05) is 30.3 Å². The Morgan fingerprint density at radius 1 is 0.365 bits per heavy atom. The average molecular weight is 867 g/mol. The second-order valence-corrected chi connectivity index (χ2v) is 14.9. The summed E-state index contributed by atoms with van der Waals surface area (Å²) in [6.07, 6.45) is 8.90. The van der Waals surface area contributed by atoms with E-state index in [0.29, 0.717) is 33.4 Å². The molecule has 6 heterocycles. The first kappa shape index (κ1) is 49.9. The summed E-state index contributed by atoms with van der Waals surface area (Å²) >= 11 is 0. The zero-order valence-corrected chi connectivity index (χ0v) is 37.1. The van der Waals surface area contributed by atoms with Gasteiger partial charge in [0.1, 0.15) is 0 Å². The van der Waals surface area contributed by atoms with Gasteiger partial charge in [0, 0.05) is 106 Å². The van der Waals surface area contributed by atoms with Crippen molar-refractivity contribution in [3.63, 3.8) is 0 Å². The number of amides is 12. The molecule has 0 atom stereocenters. The number of carbonyl (C=O) groups excluding carboxylic acids is 12. The summed E-state index contributed by atoms with van der Waals surface area (Å²) in [4.78, 5) is 138. The molecule has 8 rings (SSSR count). The van der Waals surface area contributed by atoms with Crippen LogP contribution in [0.4, 0.5) is 0 Å². The lowest BCUT2D eigenvalue weighted by molar-refractivity contribution is -0.137. The normalized spacial score (nSPS) is 19.2. The Kier molecular flexibility index (Phi) is 16.5. The smallest absolute Gasteiger partial charge is 0.261 e. The first-order chi connectivity index (χ1) is 29.4. The highest BCUT2D eigenvalue weighted by Gasteiger charge is 2.36. The number of rotatable bonds is 1. The van der Waals surface area contributed by atoms with E-state index in [4.69, 9.17) is 0 Å². The summed E-state index contributed by atoms with van der Waals surface area (Å²) in [7, 11) is 8.94. The van der Waals surface area contributed by atoms with Crippen molar-refractivity contribution in [2.75, 3.05) is 42.3 Å². The van der Waals surface area contributed by atoms with E-state index in [1.54, 1.807) is 41.7 Å². The number of hydrogen-bond acceptors (Lipinski definition) is 12. The Labute approximate surface area is 364 Å². The number of carbonyl (C=O) groups is 12. The number of imide groups is 6. The summed E-state index contributed by atoms with van der Waals surface area (Å²) in [5, 5.41) is 0. The molecule has 0 spiro atoms. The molecule has 1 aromatic carbocycles. The molecule has 332 valence electrons. The van der Waals surface area contributed by atoms with Crippen LogP contribution in [0.15, 0.2) is 93.6 Å². The zero-order chi connectivity index (χ0) is 47.8. The van der Waals surface area contributed by atoms with Gasteiger partial charge in [0.15, 0.2) is 0 Å². The third-order valence-corrected chi connectivity index (χ3v) is 10.8. The SMILES string of the molecule is CC1=C(C)C(=O)N(C)C1=O.CC1=C(C)C(=O)N(C)C1=O.CC1=CC(=O)N(C)C1=O.CN1C(=O)C2=C(CCCC2)C1=O.CN1C(=O)C=C(c2ccccc2)C1=O.CN1C(=O)C=CC1=O. The lowest BCUT2D eigenvalue weighted by Gasteiger charge is -2.08. The van der Waals surface area contributed by atoms with Crippen molar-refractivity contribution in [1.29, 1.82) is 0 Å². The van der Waals surface area contributed by atoms with Gasteiger partial charge in [-0.25, -0.2) is 0 Å². The van der Waals surface area contributed by atoms with Gasteiger partial charge in [-0.2, -0.15) is 0 Å². The Bertz CT molecular complexity index is 2270. The lowest BCUT2D eigenvalue weighted by atomic mass is 9.93. The number of hydrogen-bond donors (Lipinski definition) is 0. The van der Waals surface area contributed by atoms with Crippen molar-refractivity contribution in [2.24, 2.45) is 0 Å². The van der Waals surface area contributed by atoms with Gasteiger partial charge >= 0.3 is 0 Å². The third-order valence-electron chi connectivity index (χ3n) is 10.8. The van der Waals surface area contributed by atoms with Crippen LogP contribution in [0.3, 0.4) is 0 Å². The summed E-state index contributed by atoms with van der Waals surface area (Å²) in [5.74, 6) is -2.25. The first-order valence-electron chi connectivity index (χ1n) is 19.5. The summed E-state index contributed by atoms with van der Waals surface area (Å²) < 4.78 is 0. The van der Waals surface area contributed by atoms with Gasteiger partial charge in [0.25, 0.3) is 70.9 Å². The Morgan fingerprint density at radius 2 is 0.714 bits per heavy atom. The van der Waals surface area contributed by atoms with Crippen LogP contribution in [-0.2, 0) is 57.5 Å². The lowest BCUT2D eigenvalue weighted by Crippen LogP contribution is -2.26. The van der Waals surface area contributed by atoms with Crippen molar-refractivity contribution in [3.05, 3.63) is 99.2 Å². The van der Waals surface area contributed by atoms with Crippen molar-refractivity contribution in [3.8, 4) is 0 Å². The van der Waals surface area contributed by atoms with Crippen LogP contribution in [0.25, 0.3) is 5.57 Å². The fourth-order valence-electron chi connectivity index (χ4n) is 6.28. The van der Waals surface area contributed by atoms with Crippen LogP contribution in [-0.4, -0.2) is 143 Å². The van der Waals surface area contributed by atoms with Crippen LogP contribution in [0.2, 0.25) is 0 Å². The van der Waals surface area contributed by atoms with Crippen molar-refractivity contribution >= 4 is 76.5 Å². The highest BCUT2D eigenvalue weighted by atomic mass is 16.2. The maximum absolute atomic E-state index is 11.6. The first-order valence-corrected chi connectivity index (χ1v) is 19.5. The summed E-state index contributed by atoms with van der Waals surface area (Å²) in [6, 6.07) is 9.18. The molecule has 18 nitrogen and oxygen atoms in total. The molecule has 0 radical (unpaired) electrons. The quantitative estimate of drug-likeness (QED) is 0.370. The number of nitrogens with zero attached hydrogens (tertiary/aromatic N) is 6. The highest BCUT2D eigenvalue weighted by molar-refractivity contribution is 6.33. The molecule has 12 amide bonds. The van der Waals surface area contributed by atoms with Gasteiger partial charge in [0.05, 0.1) is 5.57 Å². The topological polar surface area (TPSA) is 224 Å². The van der Waals surface area contributed by atoms with E-state index in [-0.39, 0.29) is 70.9 Å². The molecule has 0 bridgehead atoms. The van der Waals surface area contributed by atoms with E-state index in [1.165, 1.54) is 64.4 Å². The molecular weight excluding hydrogens is 817 g/mol. The molecular formula is C45H50N6O12. The van der Waals surface area contributed by atoms with E-state index < -0.39 is 0 Å². The van der Waals surface area contributed by atoms with E-state index in [1.807, 2.05) is 30.3 Å². The third kappa shape index (κ3) is 11.1. The minimum absolute atomic E-state index is 0.0744. The fourth-order valence-corrected chi connectivity index (χ4v) is 6.28. The molecule has 7 aliphatic rings. The Morgan fingerprint density at radius 3 is 0.952 bits per heavy atom. The Hall–Kier alpha value is -7.50. The van der Waals surface area contributed by atoms with Gasteiger partial charge in [0.2, 0.25) is 0 Å². The summed E-state index contributed by atoms with van der Waals surface area (Å²) in [6.45, 7) is 8.29. The highest BCUT2D eigenvalue weighted by Crippen LogP contribution is 2.32. The zero-order valence-electron chi connectivity index (χ0n) is 37.1. The van der Waals surface area contributed by atoms with E-state index in [2.05, 4.69) is 0 Å². The van der Waals surface area contributed by atoms with E-state index >= 15 is 0 Å². The Balaban J connectivity index is 0.000000203. The molecule has 0 aromatic heterocycles. The molecule has 0 fully saturated rings. The largest absolute Gasteiger partial charge is 0.279 e. The van der Waals surface area contributed by atoms with Crippen LogP contribution in [0.1, 0.15) is 65.9 Å². The average Bonchev–Trinajstić information content (AvgIpc) is 3.97. The van der Waals surface area contributed by atoms with Crippen LogP contribution in [0.5, 0.6) is 0 Å². The summed E-state index contributed by atoms with van der Waals surface area (Å²) in [5.41, 5.74) is 5.57. The maximum Gasteiger partial charge on any atom is 0.261 e. The standard InChI is InChI=1S/C11H9NO2.C9H11NO2.2C7H9NO2.C6H7NO2.C5H5NO2/c1-12-10(13)7-9(11(12)14)8-5-3-2-4-6-8;1-10-8(11)6-4-2-3-5-7(6)9(10)12;2*1-4-5(2)7(10)8(3)6(4)9;1-4-3-5(8)7(2)6(4)9;1-6-4(7)2-3-5(6)8/h2-7H,1H3;2-5H2,1H3;2*1-3H3;3H,1-2H3;2-3H,1H3. The number of benzene rings is 1. The molecule has 63 heavy (non-hydrogen) atoms. The van der Waals surface area contributed by atoms with E-state index in [9.17, 15) is 57.5 Å². The predicted octanol–water partition coefficient (Wildman–Crippen LogP) is 2.04. The van der Waals surface area contributed by atoms with Crippen LogP contribution < -0.4 is 0 Å².